The monoisotopic (exact) mass is 217 g/mol. The van der Waals surface area contributed by atoms with Crippen LogP contribution in [-0.2, 0) is 6.42 Å². The number of nitrogens with one attached hydrogen (secondary N) is 1. The van der Waals surface area contributed by atoms with Crippen LogP contribution in [0.25, 0.3) is 11.0 Å². The lowest BCUT2D eigenvalue weighted by atomic mass is 10.1. The summed E-state index contributed by atoms with van der Waals surface area (Å²) in [4.78, 5) is 18.8. The number of rotatable bonds is 2. The minimum atomic E-state index is -0.0775. The van der Waals surface area contributed by atoms with Crippen molar-refractivity contribution in [2.24, 2.45) is 5.73 Å². The highest BCUT2D eigenvalue weighted by atomic mass is 16.1. The Morgan fingerprint density at radius 1 is 1.50 bits per heavy atom. The Morgan fingerprint density at radius 2 is 2.25 bits per heavy atom. The number of pyridine rings is 2. The van der Waals surface area contributed by atoms with E-state index in [1.54, 1.807) is 6.20 Å². The molecule has 0 spiro atoms. The number of aromatic amines is 1. The van der Waals surface area contributed by atoms with Gasteiger partial charge in [-0.2, -0.15) is 0 Å². The molecule has 2 rings (SSSR count). The molecule has 1 atom stereocenters. The van der Waals surface area contributed by atoms with E-state index in [1.807, 2.05) is 26.0 Å². The minimum absolute atomic E-state index is 0.0429. The predicted octanol–water partition coefficient (Wildman–Crippen LogP) is 1.51. The van der Waals surface area contributed by atoms with Crippen molar-refractivity contribution in [3.05, 3.63) is 39.8 Å². The van der Waals surface area contributed by atoms with Gasteiger partial charge in [-0.25, -0.2) is 0 Å². The zero-order valence-electron chi connectivity index (χ0n) is 9.45. The van der Waals surface area contributed by atoms with Crippen molar-refractivity contribution in [3.63, 3.8) is 0 Å². The van der Waals surface area contributed by atoms with E-state index in [0.29, 0.717) is 6.42 Å². The highest BCUT2D eigenvalue weighted by Gasteiger charge is 2.05. The first-order valence-electron chi connectivity index (χ1n) is 5.39. The normalized spacial score (nSPS) is 12.9. The van der Waals surface area contributed by atoms with Crippen LogP contribution in [-0.4, -0.2) is 9.97 Å². The van der Waals surface area contributed by atoms with Gasteiger partial charge in [-0.3, -0.25) is 9.78 Å². The molecule has 2 heterocycles. The lowest BCUT2D eigenvalue weighted by Crippen LogP contribution is -2.12. The predicted molar refractivity (Wildman–Crippen MR) is 64.3 cm³/mol. The molecule has 0 saturated carbocycles. The number of hydrogen-bond acceptors (Lipinski definition) is 3. The fourth-order valence-electron chi connectivity index (χ4n) is 1.65. The highest BCUT2D eigenvalue weighted by Crippen LogP contribution is 2.14. The molecule has 4 heteroatoms. The van der Waals surface area contributed by atoms with E-state index in [0.717, 1.165) is 22.2 Å². The number of H-pyrrole nitrogens is 1. The van der Waals surface area contributed by atoms with Crippen LogP contribution >= 0.6 is 0 Å². The van der Waals surface area contributed by atoms with E-state index in [9.17, 15) is 4.79 Å². The van der Waals surface area contributed by atoms with E-state index in [2.05, 4.69) is 9.97 Å². The number of aromatic nitrogens is 2. The lowest BCUT2D eigenvalue weighted by Gasteiger charge is -2.06. The molecule has 0 aromatic carbocycles. The number of hydrogen-bond donors (Lipinski definition) is 2. The molecule has 0 fully saturated rings. The van der Waals surface area contributed by atoms with Gasteiger partial charge >= 0.3 is 0 Å². The van der Waals surface area contributed by atoms with Gasteiger partial charge in [0.05, 0.1) is 11.0 Å². The molecule has 0 aliphatic rings. The van der Waals surface area contributed by atoms with Crippen molar-refractivity contribution in [2.45, 2.75) is 26.3 Å². The van der Waals surface area contributed by atoms with Gasteiger partial charge in [0.2, 0.25) is 0 Å². The quantitative estimate of drug-likeness (QED) is 0.800. The number of nitrogens with zero attached hydrogens (tertiary/aromatic N) is 1. The van der Waals surface area contributed by atoms with Crippen molar-refractivity contribution in [1.29, 1.82) is 0 Å². The van der Waals surface area contributed by atoms with Crippen LogP contribution in [0.5, 0.6) is 0 Å². The second-order valence-corrected chi connectivity index (χ2v) is 3.97. The Morgan fingerprint density at radius 3 is 2.88 bits per heavy atom. The Balaban J connectivity index is 2.67. The molecule has 16 heavy (non-hydrogen) atoms. The summed E-state index contributed by atoms with van der Waals surface area (Å²) in [5, 5.41) is 0. The fourth-order valence-corrected chi connectivity index (χ4v) is 1.65. The molecule has 84 valence electrons. The van der Waals surface area contributed by atoms with Gasteiger partial charge in [0.25, 0.3) is 5.56 Å². The number of nitrogens with two attached hydrogens (primary N) is 1. The van der Waals surface area contributed by atoms with Gasteiger partial charge in [0, 0.05) is 17.8 Å². The second kappa shape index (κ2) is 4.06. The van der Waals surface area contributed by atoms with Gasteiger partial charge < -0.3 is 10.7 Å². The van der Waals surface area contributed by atoms with Crippen LogP contribution in [0.4, 0.5) is 0 Å². The first-order valence-corrected chi connectivity index (χ1v) is 5.39. The first-order chi connectivity index (χ1) is 7.61. The summed E-state index contributed by atoms with van der Waals surface area (Å²) < 4.78 is 0. The Kier molecular flexibility index (Phi) is 2.75. The van der Waals surface area contributed by atoms with Gasteiger partial charge in [-0.05, 0) is 31.0 Å². The summed E-state index contributed by atoms with van der Waals surface area (Å²) in [5.41, 5.74) is 8.96. The second-order valence-electron chi connectivity index (χ2n) is 3.97. The van der Waals surface area contributed by atoms with Crippen molar-refractivity contribution in [1.82, 2.24) is 9.97 Å². The van der Waals surface area contributed by atoms with Gasteiger partial charge in [0.1, 0.15) is 0 Å². The Hall–Kier alpha value is -1.68. The van der Waals surface area contributed by atoms with Crippen LogP contribution in [0.15, 0.2) is 23.1 Å². The molecule has 2 aromatic rings. The van der Waals surface area contributed by atoms with Crippen molar-refractivity contribution >= 4 is 11.0 Å². The third-order valence-corrected chi connectivity index (χ3v) is 2.70. The summed E-state index contributed by atoms with van der Waals surface area (Å²) in [7, 11) is 0. The van der Waals surface area contributed by atoms with E-state index in [1.165, 1.54) is 0 Å². The molecular formula is C12H15N3O. The first kappa shape index (κ1) is 10.8. The highest BCUT2D eigenvalue weighted by molar-refractivity contribution is 5.75. The van der Waals surface area contributed by atoms with Crippen LogP contribution < -0.4 is 11.3 Å². The summed E-state index contributed by atoms with van der Waals surface area (Å²) >= 11 is 0. The van der Waals surface area contributed by atoms with Gasteiger partial charge in [-0.1, -0.05) is 6.92 Å². The van der Waals surface area contributed by atoms with Crippen LogP contribution in [0.2, 0.25) is 0 Å². The molecule has 0 radical (unpaired) electrons. The summed E-state index contributed by atoms with van der Waals surface area (Å²) in [6.07, 6.45) is 2.47. The smallest absolute Gasteiger partial charge is 0.251 e. The van der Waals surface area contributed by atoms with Crippen molar-refractivity contribution < 1.29 is 0 Å². The zero-order valence-corrected chi connectivity index (χ0v) is 9.45. The van der Waals surface area contributed by atoms with Gasteiger partial charge in [-0.15, -0.1) is 0 Å². The molecule has 2 aromatic heterocycles. The molecule has 0 aliphatic carbocycles. The number of aryl methyl sites for hydroxylation is 1. The molecule has 0 unspecified atom stereocenters. The maximum absolute atomic E-state index is 11.6. The SMILES string of the molecule is CCc1cc2ncc([C@H](C)N)cc2[nH]c1=O. The van der Waals surface area contributed by atoms with Crippen LogP contribution in [0.3, 0.4) is 0 Å². The van der Waals surface area contributed by atoms with Crippen LogP contribution in [0, 0.1) is 0 Å². The average Bonchev–Trinajstić information content (AvgIpc) is 2.27. The molecule has 0 aliphatic heterocycles. The maximum Gasteiger partial charge on any atom is 0.251 e. The Bertz CT molecular complexity index is 572. The van der Waals surface area contributed by atoms with E-state index >= 15 is 0 Å². The molecule has 3 N–H and O–H groups in total. The summed E-state index contributed by atoms with van der Waals surface area (Å²) in [6, 6.07) is 3.64. The largest absolute Gasteiger partial charge is 0.324 e. The van der Waals surface area contributed by atoms with Gasteiger partial charge in [0.15, 0.2) is 0 Å². The molecule has 4 nitrogen and oxygen atoms in total. The van der Waals surface area contributed by atoms with Crippen molar-refractivity contribution in [3.8, 4) is 0 Å². The lowest BCUT2D eigenvalue weighted by molar-refractivity contribution is 0.814. The summed E-state index contributed by atoms with van der Waals surface area (Å²) in [6.45, 7) is 3.84. The van der Waals surface area contributed by atoms with E-state index in [4.69, 9.17) is 5.73 Å². The third-order valence-electron chi connectivity index (χ3n) is 2.70. The topological polar surface area (TPSA) is 71.8 Å². The molecule has 0 saturated heterocycles. The fraction of sp³-hybridized carbons (Fsp3) is 0.333. The molecular weight excluding hydrogens is 202 g/mol. The molecule has 0 bridgehead atoms. The molecule has 0 amide bonds. The van der Waals surface area contributed by atoms with E-state index < -0.39 is 0 Å². The standard InChI is InChI=1S/C12H15N3O/c1-3-8-4-10-11(15-12(8)16)5-9(6-14-10)7(2)13/h4-7H,3,13H2,1-2H3,(H,15,16)/t7-/m0/s1. The zero-order chi connectivity index (χ0) is 11.7. The van der Waals surface area contributed by atoms with Crippen LogP contribution in [0.1, 0.15) is 31.0 Å². The maximum atomic E-state index is 11.6. The van der Waals surface area contributed by atoms with E-state index in [-0.39, 0.29) is 11.6 Å². The Labute approximate surface area is 93.5 Å². The summed E-state index contributed by atoms with van der Waals surface area (Å²) in [5.74, 6) is 0. The van der Waals surface area contributed by atoms with Crippen molar-refractivity contribution in [2.75, 3.05) is 0 Å². The third kappa shape index (κ3) is 1.84. The minimum Gasteiger partial charge on any atom is -0.324 e. The average molecular weight is 217 g/mol. The number of fused-ring (bicyclic) bond motifs is 1.